The maximum Gasteiger partial charge on any atom is 0.174 e. The third kappa shape index (κ3) is 2.36. The zero-order chi connectivity index (χ0) is 14.1. The molecule has 1 fully saturated rings. The van der Waals surface area contributed by atoms with E-state index in [0.29, 0.717) is 6.04 Å². The van der Waals surface area contributed by atoms with Crippen LogP contribution in [0.4, 0.5) is 11.5 Å². The van der Waals surface area contributed by atoms with Crippen LogP contribution in [0.1, 0.15) is 11.6 Å². The lowest BCUT2D eigenvalue weighted by molar-refractivity contribution is 0.268. The number of nitrogen functional groups attached to an aromatic ring is 1. The van der Waals surface area contributed by atoms with E-state index in [1.807, 2.05) is 13.2 Å². The van der Waals surface area contributed by atoms with Crippen LogP contribution in [-0.2, 0) is 7.05 Å². The summed E-state index contributed by atoms with van der Waals surface area (Å²) in [5.74, 6) is 0.898. The van der Waals surface area contributed by atoms with E-state index in [9.17, 15) is 0 Å². The quantitative estimate of drug-likeness (QED) is 0.899. The molecule has 2 aromatic rings. The molecule has 1 atom stereocenters. The topological polar surface area (TPSA) is 50.3 Å². The van der Waals surface area contributed by atoms with Crippen molar-refractivity contribution in [2.45, 2.75) is 6.04 Å². The Morgan fingerprint density at radius 1 is 1.15 bits per heavy atom. The first-order chi connectivity index (χ1) is 9.65. The van der Waals surface area contributed by atoms with Gasteiger partial charge in [-0.2, -0.15) is 5.10 Å². The van der Waals surface area contributed by atoms with Crippen molar-refractivity contribution in [2.75, 3.05) is 37.3 Å². The Labute approximate surface area is 119 Å². The van der Waals surface area contributed by atoms with Crippen LogP contribution in [0.15, 0.2) is 36.5 Å². The van der Waals surface area contributed by atoms with E-state index >= 15 is 0 Å². The smallest absolute Gasteiger partial charge is 0.174 e. The molecule has 0 saturated carbocycles. The van der Waals surface area contributed by atoms with Gasteiger partial charge in [-0.15, -0.1) is 0 Å². The third-order valence-corrected chi connectivity index (χ3v) is 3.88. The van der Waals surface area contributed by atoms with Gasteiger partial charge in [0.1, 0.15) is 0 Å². The Kier molecular flexibility index (Phi) is 3.36. The molecule has 2 N–H and O–H groups in total. The van der Waals surface area contributed by atoms with E-state index in [1.165, 1.54) is 5.56 Å². The van der Waals surface area contributed by atoms with Gasteiger partial charge in [0.05, 0.1) is 11.7 Å². The number of likely N-dealkylation sites (N-methyl/N-ethyl adjacent to an activating group) is 1. The largest absolute Gasteiger partial charge is 0.394 e. The molecule has 0 bridgehead atoms. The molecule has 1 aliphatic rings. The molecule has 5 nitrogen and oxygen atoms in total. The third-order valence-electron chi connectivity index (χ3n) is 3.88. The van der Waals surface area contributed by atoms with Crippen LogP contribution in [0, 0.1) is 0 Å². The van der Waals surface area contributed by atoms with Gasteiger partial charge in [-0.05, 0) is 12.6 Å². The van der Waals surface area contributed by atoms with Crippen LogP contribution in [0.2, 0.25) is 0 Å². The van der Waals surface area contributed by atoms with E-state index in [0.717, 1.165) is 31.1 Å². The van der Waals surface area contributed by atoms with Gasteiger partial charge in [0.15, 0.2) is 5.82 Å². The van der Waals surface area contributed by atoms with E-state index in [-0.39, 0.29) is 0 Å². The fourth-order valence-electron chi connectivity index (χ4n) is 2.85. The Hall–Kier alpha value is -2.01. The molecule has 106 valence electrons. The molecule has 3 rings (SSSR count). The Balaban J connectivity index is 1.97. The minimum Gasteiger partial charge on any atom is -0.394 e. The van der Waals surface area contributed by atoms with Crippen LogP contribution < -0.4 is 10.6 Å². The standard InChI is InChI=1S/C15H21N5/c1-18-8-9-20(15-13(16)10-19(2)17-15)14(11-18)12-6-4-3-5-7-12/h3-7,10,14H,8-9,11,16H2,1-2H3. The molecular weight excluding hydrogens is 250 g/mol. The number of anilines is 2. The number of benzene rings is 1. The van der Waals surface area contributed by atoms with Crippen LogP contribution in [-0.4, -0.2) is 41.4 Å². The summed E-state index contributed by atoms with van der Waals surface area (Å²) in [5.41, 5.74) is 8.17. The summed E-state index contributed by atoms with van der Waals surface area (Å²) in [6.45, 7) is 2.96. The highest BCUT2D eigenvalue weighted by atomic mass is 15.4. The van der Waals surface area contributed by atoms with Gasteiger partial charge in [-0.25, -0.2) is 0 Å². The van der Waals surface area contributed by atoms with Crippen LogP contribution in [0.3, 0.4) is 0 Å². The molecule has 0 radical (unpaired) electrons. The lowest BCUT2D eigenvalue weighted by Crippen LogP contribution is -2.47. The second-order valence-electron chi connectivity index (χ2n) is 5.46. The average Bonchev–Trinajstić information content (AvgIpc) is 2.78. The molecule has 5 heteroatoms. The second kappa shape index (κ2) is 5.17. The summed E-state index contributed by atoms with van der Waals surface area (Å²) >= 11 is 0. The number of aromatic nitrogens is 2. The molecule has 1 saturated heterocycles. The number of aryl methyl sites for hydroxylation is 1. The van der Waals surface area contributed by atoms with Gasteiger partial charge in [0.2, 0.25) is 0 Å². The minimum absolute atomic E-state index is 0.298. The van der Waals surface area contributed by atoms with Crippen LogP contribution in [0.25, 0.3) is 0 Å². The molecule has 0 spiro atoms. The maximum absolute atomic E-state index is 6.11. The fourth-order valence-corrected chi connectivity index (χ4v) is 2.85. The number of nitrogens with zero attached hydrogens (tertiary/aromatic N) is 4. The molecule has 1 unspecified atom stereocenters. The lowest BCUT2D eigenvalue weighted by atomic mass is 10.0. The first kappa shape index (κ1) is 13.0. The van der Waals surface area contributed by atoms with Crippen molar-refractivity contribution < 1.29 is 0 Å². The van der Waals surface area contributed by atoms with E-state index < -0.39 is 0 Å². The average molecular weight is 271 g/mol. The number of hydrogen-bond donors (Lipinski definition) is 1. The van der Waals surface area contributed by atoms with Crippen molar-refractivity contribution in [3.63, 3.8) is 0 Å². The summed E-state index contributed by atoms with van der Waals surface area (Å²) in [5, 5.41) is 4.53. The van der Waals surface area contributed by atoms with Gasteiger partial charge < -0.3 is 15.5 Å². The van der Waals surface area contributed by atoms with Gasteiger partial charge in [-0.3, -0.25) is 4.68 Å². The summed E-state index contributed by atoms with van der Waals surface area (Å²) in [6, 6.07) is 10.9. The predicted molar refractivity (Wildman–Crippen MR) is 81.6 cm³/mol. The highest BCUT2D eigenvalue weighted by molar-refractivity contribution is 5.63. The van der Waals surface area contributed by atoms with Crippen molar-refractivity contribution in [1.82, 2.24) is 14.7 Å². The van der Waals surface area contributed by atoms with E-state index in [4.69, 9.17) is 5.73 Å². The number of hydrogen-bond acceptors (Lipinski definition) is 4. The zero-order valence-corrected chi connectivity index (χ0v) is 12.0. The normalized spacial score (nSPS) is 20.3. The van der Waals surface area contributed by atoms with E-state index in [1.54, 1.807) is 4.68 Å². The Morgan fingerprint density at radius 3 is 2.55 bits per heavy atom. The Bertz CT molecular complexity index is 577. The highest BCUT2D eigenvalue weighted by Crippen LogP contribution is 2.32. The summed E-state index contributed by atoms with van der Waals surface area (Å²) in [7, 11) is 4.07. The van der Waals surface area contributed by atoms with E-state index in [2.05, 4.69) is 52.3 Å². The Morgan fingerprint density at radius 2 is 1.90 bits per heavy atom. The van der Waals surface area contributed by atoms with Crippen LogP contribution in [0.5, 0.6) is 0 Å². The van der Waals surface area contributed by atoms with Crippen LogP contribution >= 0.6 is 0 Å². The molecule has 2 heterocycles. The summed E-state index contributed by atoms with van der Waals surface area (Å²) in [6.07, 6.45) is 1.87. The first-order valence-electron chi connectivity index (χ1n) is 6.94. The molecule has 0 aliphatic carbocycles. The zero-order valence-electron chi connectivity index (χ0n) is 12.0. The van der Waals surface area contributed by atoms with Gasteiger partial charge in [-0.1, -0.05) is 30.3 Å². The highest BCUT2D eigenvalue weighted by Gasteiger charge is 2.29. The van der Waals surface area contributed by atoms with Gasteiger partial charge in [0.25, 0.3) is 0 Å². The van der Waals surface area contributed by atoms with Crippen molar-refractivity contribution in [3.8, 4) is 0 Å². The summed E-state index contributed by atoms with van der Waals surface area (Å²) in [4.78, 5) is 4.68. The molecule has 0 amide bonds. The van der Waals surface area contributed by atoms with Gasteiger partial charge >= 0.3 is 0 Å². The summed E-state index contributed by atoms with van der Waals surface area (Å²) < 4.78 is 1.78. The number of nitrogens with two attached hydrogens (primary N) is 1. The predicted octanol–water partition coefficient (Wildman–Crippen LogP) is 1.50. The molecule has 1 aromatic carbocycles. The number of rotatable bonds is 2. The minimum atomic E-state index is 0.298. The van der Waals surface area contributed by atoms with Crippen molar-refractivity contribution in [1.29, 1.82) is 0 Å². The monoisotopic (exact) mass is 271 g/mol. The van der Waals surface area contributed by atoms with Gasteiger partial charge in [0, 0.05) is 32.9 Å². The molecule has 1 aliphatic heterocycles. The number of piperazine rings is 1. The SMILES string of the molecule is CN1CCN(c2nn(C)cc2N)C(c2ccccc2)C1. The maximum atomic E-state index is 6.11. The van der Waals surface area contributed by atoms with Crippen molar-refractivity contribution in [3.05, 3.63) is 42.1 Å². The second-order valence-corrected chi connectivity index (χ2v) is 5.46. The molecular formula is C15H21N5. The fraction of sp³-hybridized carbons (Fsp3) is 0.400. The van der Waals surface area contributed by atoms with Crippen molar-refractivity contribution in [2.24, 2.45) is 7.05 Å². The van der Waals surface area contributed by atoms with Crippen molar-refractivity contribution >= 4 is 11.5 Å². The first-order valence-corrected chi connectivity index (χ1v) is 6.94. The lowest BCUT2D eigenvalue weighted by Gasteiger charge is -2.40. The molecule has 1 aromatic heterocycles. The molecule has 20 heavy (non-hydrogen) atoms.